The molecule has 1 rings (SSSR count). The number of nitrogens with one attached hydrogen (secondary N) is 1. The van der Waals surface area contributed by atoms with E-state index in [0.717, 1.165) is 0 Å². The summed E-state index contributed by atoms with van der Waals surface area (Å²) in [5.41, 5.74) is 0. The van der Waals surface area contributed by atoms with Crippen LogP contribution in [0.2, 0.25) is 0 Å². The lowest BCUT2D eigenvalue weighted by Crippen LogP contribution is -2.32. The van der Waals surface area contributed by atoms with Gasteiger partial charge < -0.3 is 10.1 Å². The third-order valence-corrected chi connectivity index (χ3v) is 1.00. The lowest BCUT2D eigenvalue weighted by Gasteiger charge is -2.02. The number of cyclic esters (lactones) is 1. The second-order valence-electron chi connectivity index (χ2n) is 1.68. The molecule has 1 aliphatic heterocycles. The molecule has 1 heterocycles. The Balaban J connectivity index is 2.39. The van der Waals surface area contributed by atoms with E-state index in [1.165, 1.54) is 0 Å². The van der Waals surface area contributed by atoms with E-state index in [1.54, 1.807) is 0 Å². The van der Waals surface area contributed by atoms with E-state index < -0.39 is 18.6 Å². The van der Waals surface area contributed by atoms with Gasteiger partial charge in [-0.05, 0) is 0 Å². The van der Waals surface area contributed by atoms with E-state index >= 15 is 0 Å². The normalized spacial score (nSPS) is 26.1. The second-order valence-corrected chi connectivity index (χ2v) is 1.68. The van der Waals surface area contributed by atoms with Crippen molar-refractivity contribution in [3.63, 3.8) is 0 Å². The standard InChI is InChI=1S/C4H5F2NO2/c5-3(6)2-1-9-4(8)7-2/h2-3H,1H2,(H,7,8). The average Bonchev–Trinajstić information content (AvgIpc) is 2.14. The third-order valence-electron chi connectivity index (χ3n) is 1.00. The van der Waals surface area contributed by atoms with Gasteiger partial charge in [0.15, 0.2) is 0 Å². The van der Waals surface area contributed by atoms with Gasteiger partial charge in [0, 0.05) is 0 Å². The van der Waals surface area contributed by atoms with E-state index in [4.69, 9.17) is 0 Å². The molecule has 0 saturated carbocycles. The quantitative estimate of drug-likeness (QED) is 0.566. The van der Waals surface area contributed by atoms with Crippen LogP contribution in [-0.4, -0.2) is 25.2 Å². The van der Waals surface area contributed by atoms with Crippen LogP contribution in [0, 0.1) is 0 Å². The fourth-order valence-corrected chi connectivity index (χ4v) is 0.536. The first kappa shape index (κ1) is 6.25. The van der Waals surface area contributed by atoms with E-state index in [1.807, 2.05) is 5.32 Å². The molecule has 3 nitrogen and oxygen atoms in total. The molecule has 0 spiro atoms. The number of rotatable bonds is 1. The summed E-state index contributed by atoms with van der Waals surface area (Å²) in [7, 11) is 0. The van der Waals surface area contributed by atoms with Crippen molar-refractivity contribution in [1.82, 2.24) is 5.32 Å². The van der Waals surface area contributed by atoms with Crippen molar-refractivity contribution in [1.29, 1.82) is 0 Å². The molecule has 0 aliphatic carbocycles. The van der Waals surface area contributed by atoms with Gasteiger partial charge in [0.25, 0.3) is 6.43 Å². The Labute approximate surface area is 50.0 Å². The summed E-state index contributed by atoms with van der Waals surface area (Å²) < 4.78 is 27.4. The SMILES string of the molecule is O=C1NC(C(F)F)CO1. The first-order chi connectivity index (χ1) is 4.20. The Hall–Kier alpha value is -0.870. The van der Waals surface area contributed by atoms with Gasteiger partial charge in [0.2, 0.25) is 0 Å². The molecule has 52 valence electrons. The molecule has 0 radical (unpaired) electrons. The number of alkyl carbamates (subject to hydrolysis) is 1. The Morgan fingerprint density at radius 3 is 2.67 bits per heavy atom. The summed E-state index contributed by atoms with van der Waals surface area (Å²) in [6.07, 6.45) is -3.29. The van der Waals surface area contributed by atoms with Crippen LogP contribution in [0.3, 0.4) is 0 Å². The number of halogens is 2. The Bertz CT molecular complexity index is 128. The van der Waals surface area contributed by atoms with Crippen LogP contribution in [0.1, 0.15) is 0 Å². The molecule has 9 heavy (non-hydrogen) atoms. The molecule has 1 aliphatic rings. The van der Waals surface area contributed by atoms with E-state index in [9.17, 15) is 13.6 Å². The van der Waals surface area contributed by atoms with Crippen LogP contribution in [0.25, 0.3) is 0 Å². The Morgan fingerprint density at radius 2 is 2.44 bits per heavy atom. The topological polar surface area (TPSA) is 38.3 Å². The Morgan fingerprint density at radius 1 is 1.78 bits per heavy atom. The number of hydrogen-bond donors (Lipinski definition) is 1. The molecule has 1 fully saturated rings. The molecule has 1 saturated heterocycles. The van der Waals surface area contributed by atoms with Gasteiger partial charge in [0.05, 0.1) is 0 Å². The summed E-state index contributed by atoms with van der Waals surface area (Å²) >= 11 is 0. The zero-order chi connectivity index (χ0) is 6.85. The zero-order valence-corrected chi connectivity index (χ0v) is 4.43. The van der Waals surface area contributed by atoms with Crippen molar-refractivity contribution in [2.45, 2.75) is 12.5 Å². The minimum absolute atomic E-state index is 0.226. The molecule has 0 aromatic heterocycles. The van der Waals surface area contributed by atoms with Gasteiger partial charge in [-0.25, -0.2) is 13.6 Å². The highest BCUT2D eigenvalue weighted by molar-refractivity contribution is 5.69. The van der Waals surface area contributed by atoms with Gasteiger partial charge in [-0.3, -0.25) is 0 Å². The second kappa shape index (κ2) is 2.16. The summed E-state index contributed by atoms with van der Waals surface area (Å²) in [4.78, 5) is 10.1. The van der Waals surface area contributed by atoms with Crippen LogP contribution in [-0.2, 0) is 4.74 Å². The molecular weight excluding hydrogens is 132 g/mol. The monoisotopic (exact) mass is 137 g/mol. The summed E-state index contributed by atoms with van der Waals surface area (Å²) in [5, 5.41) is 1.94. The van der Waals surface area contributed by atoms with E-state index in [0.29, 0.717) is 0 Å². The van der Waals surface area contributed by atoms with Crippen LogP contribution < -0.4 is 5.32 Å². The Kier molecular flexibility index (Phi) is 1.50. The minimum Gasteiger partial charge on any atom is -0.447 e. The maximum atomic E-state index is 11.6. The molecule has 1 amide bonds. The van der Waals surface area contributed by atoms with Crippen molar-refractivity contribution < 1.29 is 18.3 Å². The van der Waals surface area contributed by atoms with Crippen LogP contribution in [0.15, 0.2) is 0 Å². The van der Waals surface area contributed by atoms with Gasteiger partial charge in [-0.15, -0.1) is 0 Å². The zero-order valence-electron chi connectivity index (χ0n) is 4.43. The summed E-state index contributed by atoms with van der Waals surface area (Å²) in [5.74, 6) is 0. The summed E-state index contributed by atoms with van der Waals surface area (Å²) in [6, 6.07) is -1.11. The van der Waals surface area contributed by atoms with Crippen molar-refractivity contribution in [3.8, 4) is 0 Å². The van der Waals surface area contributed by atoms with Crippen molar-refractivity contribution in [2.75, 3.05) is 6.61 Å². The predicted molar refractivity (Wildman–Crippen MR) is 24.3 cm³/mol. The highest BCUT2D eigenvalue weighted by Gasteiger charge is 2.29. The van der Waals surface area contributed by atoms with Crippen LogP contribution >= 0.6 is 0 Å². The largest absolute Gasteiger partial charge is 0.447 e. The maximum absolute atomic E-state index is 11.6. The fraction of sp³-hybridized carbons (Fsp3) is 0.750. The number of carbonyl (C=O) groups is 1. The summed E-state index contributed by atoms with van der Waals surface area (Å²) in [6.45, 7) is -0.226. The number of alkyl halides is 2. The average molecular weight is 137 g/mol. The lowest BCUT2D eigenvalue weighted by atomic mass is 10.3. The smallest absolute Gasteiger partial charge is 0.407 e. The highest BCUT2D eigenvalue weighted by Crippen LogP contribution is 2.06. The minimum atomic E-state index is -2.53. The number of carbonyl (C=O) groups excluding carboxylic acids is 1. The van der Waals surface area contributed by atoms with Crippen molar-refractivity contribution in [2.24, 2.45) is 0 Å². The van der Waals surface area contributed by atoms with Gasteiger partial charge in [-0.2, -0.15) is 0 Å². The van der Waals surface area contributed by atoms with Gasteiger partial charge in [0.1, 0.15) is 12.6 Å². The third kappa shape index (κ3) is 1.28. The number of hydrogen-bond acceptors (Lipinski definition) is 2. The molecule has 0 bridgehead atoms. The molecule has 5 heteroatoms. The molecule has 1 N–H and O–H groups in total. The van der Waals surface area contributed by atoms with Crippen molar-refractivity contribution >= 4 is 6.09 Å². The molecule has 1 unspecified atom stereocenters. The van der Waals surface area contributed by atoms with E-state index in [2.05, 4.69) is 4.74 Å². The molecule has 0 aromatic rings. The molecule has 1 atom stereocenters. The van der Waals surface area contributed by atoms with E-state index in [-0.39, 0.29) is 6.61 Å². The van der Waals surface area contributed by atoms with Gasteiger partial charge in [-0.1, -0.05) is 0 Å². The molecular formula is C4H5F2NO2. The fourth-order valence-electron chi connectivity index (χ4n) is 0.536. The van der Waals surface area contributed by atoms with Crippen molar-refractivity contribution in [3.05, 3.63) is 0 Å². The lowest BCUT2D eigenvalue weighted by molar-refractivity contribution is 0.0986. The predicted octanol–water partition coefficient (Wildman–Crippen LogP) is 0.360. The van der Waals surface area contributed by atoms with Gasteiger partial charge >= 0.3 is 6.09 Å². The molecule has 0 aromatic carbocycles. The maximum Gasteiger partial charge on any atom is 0.407 e. The number of ether oxygens (including phenoxy) is 1. The highest BCUT2D eigenvalue weighted by atomic mass is 19.3. The first-order valence-electron chi connectivity index (χ1n) is 2.41. The van der Waals surface area contributed by atoms with Crippen LogP contribution in [0.4, 0.5) is 13.6 Å². The first-order valence-corrected chi connectivity index (χ1v) is 2.41. The number of amides is 1. The van der Waals surface area contributed by atoms with Crippen LogP contribution in [0.5, 0.6) is 0 Å².